The Hall–Kier alpha value is -2.24. The molecule has 0 saturated heterocycles. The monoisotopic (exact) mass is 245 g/mol. The number of aryl methyl sites for hydroxylation is 1. The second kappa shape index (κ2) is 4.95. The van der Waals surface area contributed by atoms with Crippen molar-refractivity contribution in [1.29, 1.82) is 0 Å². The van der Waals surface area contributed by atoms with Gasteiger partial charge in [0.1, 0.15) is 5.82 Å². The summed E-state index contributed by atoms with van der Waals surface area (Å²) >= 11 is 0. The van der Waals surface area contributed by atoms with Crippen LogP contribution in [0.25, 0.3) is 0 Å². The normalized spacial score (nSPS) is 10.7. The molecule has 0 saturated carbocycles. The molecule has 0 atom stereocenters. The van der Waals surface area contributed by atoms with Crippen LogP contribution < -0.4 is 5.32 Å². The lowest BCUT2D eigenvalue weighted by Crippen LogP contribution is -2.14. The smallest absolute Gasteiger partial charge is 0.295 e. The second-order valence-corrected chi connectivity index (χ2v) is 4.34. The fourth-order valence-electron chi connectivity index (χ4n) is 1.44. The molecular formula is C12H15N5O. The Balaban J connectivity index is 2.12. The van der Waals surface area contributed by atoms with E-state index in [4.69, 9.17) is 0 Å². The van der Waals surface area contributed by atoms with Gasteiger partial charge in [-0.2, -0.15) is 0 Å². The van der Waals surface area contributed by atoms with E-state index in [0.29, 0.717) is 11.5 Å². The zero-order valence-electron chi connectivity index (χ0n) is 10.6. The van der Waals surface area contributed by atoms with Gasteiger partial charge in [0, 0.05) is 23.5 Å². The number of carbonyl (C=O) groups excluding carboxylic acids is 1. The standard InChI is InChI=1S/C12H15N5O/c1-7(2)10-15-11(17-16-10)12(18)14-9-4-5-13-8(3)6-9/h4-7H,1-3H3,(H,13,14,18)(H,15,16,17). The van der Waals surface area contributed by atoms with Crippen molar-refractivity contribution in [2.75, 3.05) is 5.32 Å². The average Bonchev–Trinajstić information content (AvgIpc) is 2.78. The number of nitrogens with one attached hydrogen (secondary N) is 2. The van der Waals surface area contributed by atoms with Crippen molar-refractivity contribution in [1.82, 2.24) is 20.2 Å². The van der Waals surface area contributed by atoms with Gasteiger partial charge in [0.15, 0.2) is 0 Å². The van der Waals surface area contributed by atoms with Crippen LogP contribution in [0.1, 0.15) is 41.9 Å². The van der Waals surface area contributed by atoms with Gasteiger partial charge in [-0.25, -0.2) is 4.98 Å². The van der Waals surface area contributed by atoms with Gasteiger partial charge in [-0.3, -0.25) is 14.9 Å². The molecule has 2 heterocycles. The zero-order chi connectivity index (χ0) is 13.1. The lowest BCUT2D eigenvalue weighted by Gasteiger charge is -2.02. The zero-order valence-corrected chi connectivity index (χ0v) is 10.6. The van der Waals surface area contributed by atoms with Crippen LogP contribution in [-0.2, 0) is 0 Å². The number of rotatable bonds is 3. The minimum atomic E-state index is -0.330. The van der Waals surface area contributed by atoms with E-state index in [1.807, 2.05) is 20.8 Å². The van der Waals surface area contributed by atoms with Crippen LogP contribution in [0.4, 0.5) is 5.69 Å². The molecule has 0 bridgehead atoms. The van der Waals surface area contributed by atoms with Crippen molar-refractivity contribution in [3.8, 4) is 0 Å². The number of hydrogen-bond donors (Lipinski definition) is 2. The fourth-order valence-corrected chi connectivity index (χ4v) is 1.44. The number of amides is 1. The Bertz CT molecular complexity index is 561. The average molecular weight is 245 g/mol. The maximum absolute atomic E-state index is 11.9. The molecule has 2 N–H and O–H groups in total. The number of nitrogens with zero attached hydrogens (tertiary/aromatic N) is 3. The molecule has 18 heavy (non-hydrogen) atoms. The van der Waals surface area contributed by atoms with Crippen molar-refractivity contribution in [3.05, 3.63) is 35.7 Å². The van der Waals surface area contributed by atoms with Crippen molar-refractivity contribution in [2.24, 2.45) is 0 Å². The highest BCUT2D eigenvalue weighted by molar-refractivity contribution is 6.01. The molecule has 6 nitrogen and oxygen atoms in total. The Morgan fingerprint density at radius 2 is 2.22 bits per heavy atom. The summed E-state index contributed by atoms with van der Waals surface area (Å²) in [7, 11) is 0. The molecule has 0 aliphatic heterocycles. The van der Waals surface area contributed by atoms with E-state index in [2.05, 4.69) is 25.5 Å². The third-order valence-corrected chi connectivity index (χ3v) is 2.41. The van der Waals surface area contributed by atoms with Crippen molar-refractivity contribution in [2.45, 2.75) is 26.7 Å². The van der Waals surface area contributed by atoms with E-state index in [9.17, 15) is 4.79 Å². The van der Waals surface area contributed by atoms with Gasteiger partial charge in [0.25, 0.3) is 5.91 Å². The quantitative estimate of drug-likeness (QED) is 0.864. The Kier molecular flexibility index (Phi) is 3.36. The summed E-state index contributed by atoms with van der Waals surface area (Å²) in [5, 5.41) is 9.37. The summed E-state index contributed by atoms with van der Waals surface area (Å²) < 4.78 is 0. The van der Waals surface area contributed by atoms with Gasteiger partial charge in [0.2, 0.25) is 5.82 Å². The topological polar surface area (TPSA) is 83.6 Å². The number of H-pyrrole nitrogens is 1. The molecular weight excluding hydrogens is 230 g/mol. The summed E-state index contributed by atoms with van der Waals surface area (Å²) in [5.74, 6) is 0.727. The van der Waals surface area contributed by atoms with Crippen LogP contribution in [0.5, 0.6) is 0 Å². The maximum atomic E-state index is 11.9. The summed E-state index contributed by atoms with van der Waals surface area (Å²) in [4.78, 5) is 20.1. The molecule has 6 heteroatoms. The molecule has 0 spiro atoms. The SMILES string of the molecule is Cc1cc(NC(=O)c2n[nH]c(C(C)C)n2)ccn1. The third-order valence-electron chi connectivity index (χ3n) is 2.41. The Morgan fingerprint density at radius 1 is 1.44 bits per heavy atom. The summed E-state index contributed by atoms with van der Waals surface area (Å²) in [5.41, 5.74) is 1.52. The molecule has 1 amide bonds. The first-order valence-corrected chi connectivity index (χ1v) is 5.72. The predicted molar refractivity (Wildman–Crippen MR) is 67.4 cm³/mol. The molecule has 94 valence electrons. The molecule has 2 rings (SSSR count). The molecule has 0 aliphatic rings. The lowest BCUT2D eigenvalue weighted by atomic mass is 10.2. The highest BCUT2D eigenvalue weighted by Crippen LogP contribution is 2.10. The van der Waals surface area contributed by atoms with Crippen LogP contribution in [0.15, 0.2) is 18.3 Å². The van der Waals surface area contributed by atoms with Gasteiger partial charge < -0.3 is 5.32 Å². The Labute approximate surface area is 105 Å². The van der Waals surface area contributed by atoms with E-state index in [1.165, 1.54) is 0 Å². The number of carbonyl (C=O) groups is 1. The second-order valence-electron chi connectivity index (χ2n) is 4.34. The van der Waals surface area contributed by atoms with Gasteiger partial charge in [-0.05, 0) is 19.1 Å². The molecule has 0 unspecified atom stereocenters. The first-order valence-electron chi connectivity index (χ1n) is 5.72. The first-order chi connectivity index (χ1) is 8.56. The number of hydrogen-bond acceptors (Lipinski definition) is 4. The molecule has 2 aromatic heterocycles. The number of aromatic amines is 1. The summed E-state index contributed by atoms with van der Waals surface area (Å²) in [6.07, 6.45) is 1.64. The van der Waals surface area contributed by atoms with Crippen molar-refractivity contribution >= 4 is 11.6 Å². The van der Waals surface area contributed by atoms with Crippen LogP contribution in [0.2, 0.25) is 0 Å². The maximum Gasteiger partial charge on any atom is 0.295 e. The molecule has 0 aliphatic carbocycles. The third kappa shape index (κ3) is 2.71. The van der Waals surface area contributed by atoms with Crippen LogP contribution in [-0.4, -0.2) is 26.1 Å². The largest absolute Gasteiger partial charge is 0.319 e. The first kappa shape index (κ1) is 12.2. The van der Waals surface area contributed by atoms with Crippen molar-refractivity contribution < 1.29 is 4.79 Å². The van der Waals surface area contributed by atoms with Gasteiger partial charge in [-0.1, -0.05) is 13.8 Å². The van der Waals surface area contributed by atoms with Gasteiger partial charge in [-0.15, -0.1) is 5.10 Å². The number of aromatic nitrogens is 4. The summed E-state index contributed by atoms with van der Waals surface area (Å²) in [6.45, 7) is 5.82. The van der Waals surface area contributed by atoms with Gasteiger partial charge in [0.05, 0.1) is 0 Å². The van der Waals surface area contributed by atoms with Gasteiger partial charge >= 0.3 is 0 Å². The minimum Gasteiger partial charge on any atom is -0.319 e. The molecule has 2 aromatic rings. The summed E-state index contributed by atoms with van der Waals surface area (Å²) in [6, 6.07) is 3.51. The number of pyridine rings is 1. The van der Waals surface area contributed by atoms with Crippen LogP contribution in [0.3, 0.4) is 0 Å². The minimum absolute atomic E-state index is 0.146. The molecule has 0 radical (unpaired) electrons. The van der Waals surface area contributed by atoms with Crippen LogP contribution >= 0.6 is 0 Å². The predicted octanol–water partition coefficient (Wildman–Crippen LogP) is 1.88. The van der Waals surface area contributed by atoms with Crippen LogP contribution in [0, 0.1) is 6.92 Å². The van der Waals surface area contributed by atoms with E-state index in [-0.39, 0.29) is 17.6 Å². The van der Waals surface area contributed by atoms with Crippen molar-refractivity contribution in [3.63, 3.8) is 0 Å². The van der Waals surface area contributed by atoms with E-state index in [0.717, 1.165) is 5.69 Å². The van der Waals surface area contributed by atoms with E-state index in [1.54, 1.807) is 18.3 Å². The Morgan fingerprint density at radius 3 is 2.83 bits per heavy atom. The van der Waals surface area contributed by atoms with E-state index >= 15 is 0 Å². The molecule has 0 aromatic carbocycles. The van der Waals surface area contributed by atoms with E-state index < -0.39 is 0 Å². The highest BCUT2D eigenvalue weighted by Gasteiger charge is 2.14. The lowest BCUT2D eigenvalue weighted by molar-refractivity contribution is 0.101. The highest BCUT2D eigenvalue weighted by atomic mass is 16.2. The number of anilines is 1. The fraction of sp³-hybridized carbons (Fsp3) is 0.333. The molecule has 0 fully saturated rings.